The molecule has 136 valence electrons. The number of benzene rings is 4. The van der Waals surface area contributed by atoms with Crippen molar-refractivity contribution in [1.82, 2.24) is 9.97 Å². The average Bonchev–Trinajstić information content (AvgIpc) is 2.79. The van der Waals surface area contributed by atoms with Gasteiger partial charge in [0.05, 0.1) is 10.8 Å². The Hall–Kier alpha value is -3.98. The molecule has 3 heteroatoms. The quantitative estimate of drug-likeness (QED) is 0.311. The summed E-state index contributed by atoms with van der Waals surface area (Å²) < 4.78 is 6.40. The van der Waals surface area contributed by atoms with Crippen LogP contribution in [0.25, 0.3) is 43.1 Å². The van der Waals surface area contributed by atoms with Crippen molar-refractivity contribution >= 4 is 43.1 Å². The van der Waals surface area contributed by atoms with Gasteiger partial charge in [0, 0.05) is 12.4 Å². The fraction of sp³-hybridized carbons (Fsp3) is 0. The predicted molar refractivity (Wildman–Crippen MR) is 119 cm³/mol. The highest BCUT2D eigenvalue weighted by Crippen LogP contribution is 2.37. The maximum Gasteiger partial charge on any atom is 0.229 e. The van der Waals surface area contributed by atoms with E-state index in [1.165, 1.54) is 0 Å². The number of fused-ring (bicyclic) bond motifs is 6. The molecule has 0 aliphatic rings. The third kappa shape index (κ3) is 2.52. The maximum absolute atomic E-state index is 6.40. The SMILES string of the molecule is c1ccc2c(c1)ccc1ccnc(Oc3nccc4ccc5ccccc5c34)c12. The van der Waals surface area contributed by atoms with Gasteiger partial charge >= 0.3 is 0 Å². The van der Waals surface area contributed by atoms with Crippen LogP contribution in [0.4, 0.5) is 0 Å². The van der Waals surface area contributed by atoms with Crippen molar-refractivity contribution in [2.24, 2.45) is 0 Å². The van der Waals surface area contributed by atoms with Crippen molar-refractivity contribution in [2.75, 3.05) is 0 Å². The number of aromatic nitrogens is 2. The molecule has 29 heavy (non-hydrogen) atoms. The number of hydrogen-bond donors (Lipinski definition) is 0. The summed E-state index contributed by atoms with van der Waals surface area (Å²) in [4.78, 5) is 9.15. The zero-order valence-corrected chi connectivity index (χ0v) is 15.5. The van der Waals surface area contributed by atoms with E-state index in [0.717, 1.165) is 43.1 Å². The van der Waals surface area contributed by atoms with Crippen LogP contribution >= 0.6 is 0 Å². The second kappa shape index (κ2) is 6.28. The number of nitrogens with zero attached hydrogens (tertiary/aromatic N) is 2. The highest BCUT2D eigenvalue weighted by molar-refractivity contribution is 6.11. The Morgan fingerprint density at radius 2 is 0.897 bits per heavy atom. The second-order valence-corrected chi connectivity index (χ2v) is 7.10. The molecule has 0 atom stereocenters. The molecule has 0 amide bonds. The molecule has 0 fully saturated rings. The molecule has 0 radical (unpaired) electrons. The first-order chi connectivity index (χ1) is 14.4. The molecule has 6 rings (SSSR count). The van der Waals surface area contributed by atoms with Crippen molar-refractivity contribution in [1.29, 1.82) is 0 Å². The number of pyridine rings is 2. The van der Waals surface area contributed by atoms with Crippen LogP contribution in [0.15, 0.2) is 97.3 Å². The van der Waals surface area contributed by atoms with Gasteiger partial charge in [0.1, 0.15) is 0 Å². The van der Waals surface area contributed by atoms with Crippen LogP contribution in [0.3, 0.4) is 0 Å². The zero-order valence-electron chi connectivity index (χ0n) is 15.5. The van der Waals surface area contributed by atoms with Gasteiger partial charge in [-0.3, -0.25) is 0 Å². The molecule has 0 N–H and O–H groups in total. The first-order valence-corrected chi connectivity index (χ1v) is 9.59. The topological polar surface area (TPSA) is 35.0 Å². The van der Waals surface area contributed by atoms with Gasteiger partial charge in [-0.25, -0.2) is 9.97 Å². The van der Waals surface area contributed by atoms with Crippen molar-refractivity contribution in [3.05, 3.63) is 97.3 Å². The molecule has 2 aromatic heterocycles. The van der Waals surface area contributed by atoms with E-state index in [-0.39, 0.29) is 0 Å². The molecule has 0 saturated carbocycles. The van der Waals surface area contributed by atoms with Gasteiger partial charge in [-0.05, 0) is 44.5 Å². The van der Waals surface area contributed by atoms with E-state index in [1.54, 1.807) is 12.4 Å². The Labute approximate surface area is 167 Å². The molecular formula is C26H16N2O. The summed E-state index contributed by atoms with van der Waals surface area (Å²) in [6.07, 6.45) is 3.57. The summed E-state index contributed by atoms with van der Waals surface area (Å²) >= 11 is 0. The molecule has 0 aliphatic carbocycles. The lowest BCUT2D eigenvalue weighted by atomic mass is 10.0. The van der Waals surface area contributed by atoms with Gasteiger partial charge in [-0.2, -0.15) is 0 Å². The summed E-state index contributed by atoms with van der Waals surface area (Å²) in [6, 6.07) is 29.1. The van der Waals surface area contributed by atoms with Crippen LogP contribution in [0.5, 0.6) is 11.8 Å². The van der Waals surface area contributed by atoms with Crippen LogP contribution in [-0.2, 0) is 0 Å². The van der Waals surface area contributed by atoms with Crippen molar-refractivity contribution in [2.45, 2.75) is 0 Å². The van der Waals surface area contributed by atoms with Crippen LogP contribution in [0, 0.1) is 0 Å². The molecule has 4 aromatic carbocycles. The van der Waals surface area contributed by atoms with Crippen LogP contribution in [0.1, 0.15) is 0 Å². The smallest absolute Gasteiger partial charge is 0.229 e. The van der Waals surface area contributed by atoms with Crippen LogP contribution in [-0.4, -0.2) is 9.97 Å². The second-order valence-electron chi connectivity index (χ2n) is 7.10. The minimum Gasteiger partial charge on any atom is -0.419 e. The average molecular weight is 372 g/mol. The molecule has 0 spiro atoms. The van der Waals surface area contributed by atoms with Gasteiger partial charge in [-0.15, -0.1) is 0 Å². The van der Waals surface area contributed by atoms with E-state index >= 15 is 0 Å². The Bertz CT molecular complexity index is 1420. The minimum absolute atomic E-state index is 0.576. The Kier molecular flexibility index (Phi) is 3.47. The Morgan fingerprint density at radius 3 is 1.41 bits per heavy atom. The maximum atomic E-state index is 6.40. The minimum atomic E-state index is 0.576. The van der Waals surface area contributed by atoms with Gasteiger partial charge < -0.3 is 4.74 Å². The lowest BCUT2D eigenvalue weighted by molar-refractivity contribution is 0.457. The van der Waals surface area contributed by atoms with E-state index in [9.17, 15) is 0 Å². The third-order valence-corrected chi connectivity index (χ3v) is 5.44. The van der Waals surface area contributed by atoms with Crippen molar-refractivity contribution in [3.8, 4) is 11.8 Å². The number of hydrogen-bond acceptors (Lipinski definition) is 3. The molecule has 2 heterocycles. The molecule has 0 saturated heterocycles. The monoisotopic (exact) mass is 372 g/mol. The third-order valence-electron chi connectivity index (χ3n) is 5.44. The molecule has 0 aliphatic heterocycles. The summed E-state index contributed by atoms with van der Waals surface area (Å²) in [5.41, 5.74) is 0. The van der Waals surface area contributed by atoms with E-state index < -0.39 is 0 Å². The Morgan fingerprint density at radius 1 is 0.448 bits per heavy atom. The van der Waals surface area contributed by atoms with E-state index in [1.807, 2.05) is 36.4 Å². The molecular weight excluding hydrogens is 356 g/mol. The standard InChI is InChI=1S/C26H16N2O/c1-3-7-21-17(5-1)9-11-19-13-15-27-25(23(19)21)29-26-24-20(14-16-28-26)12-10-18-6-2-4-8-22(18)24/h1-16H. The summed E-state index contributed by atoms with van der Waals surface area (Å²) in [7, 11) is 0. The highest BCUT2D eigenvalue weighted by atomic mass is 16.5. The summed E-state index contributed by atoms with van der Waals surface area (Å²) in [5, 5.41) is 8.77. The fourth-order valence-electron chi connectivity index (χ4n) is 4.08. The van der Waals surface area contributed by atoms with Gasteiger partial charge in [0.15, 0.2) is 0 Å². The number of ether oxygens (including phenoxy) is 1. The van der Waals surface area contributed by atoms with E-state index in [0.29, 0.717) is 11.8 Å². The van der Waals surface area contributed by atoms with Gasteiger partial charge in [0.2, 0.25) is 11.8 Å². The lowest BCUT2D eigenvalue weighted by Gasteiger charge is -2.12. The van der Waals surface area contributed by atoms with E-state index in [4.69, 9.17) is 4.74 Å². The van der Waals surface area contributed by atoms with Gasteiger partial charge in [-0.1, -0.05) is 72.8 Å². The first kappa shape index (κ1) is 16.0. The summed E-state index contributed by atoms with van der Waals surface area (Å²) in [6.45, 7) is 0. The fourth-order valence-corrected chi connectivity index (χ4v) is 4.08. The predicted octanol–water partition coefficient (Wildman–Crippen LogP) is 6.88. The number of rotatable bonds is 2. The summed E-state index contributed by atoms with van der Waals surface area (Å²) in [5.74, 6) is 1.15. The molecule has 0 bridgehead atoms. The van der Waals surface area contributed by atoms with Crippen molar-refractivity contribution in [3.63, 3.8) is 0 Å². The zero-order chi connectivity index (χ0) is 19.2. The molecule has 6 aromatic rings. The highest BCUT2D eigenvalue weighted by Gasteiger charge is 2.13. The van der Waals surface area contributed by atoms with Gasteiger partial charge in [0.25, 0.3) is 0 Å². The lowest BCUT2D eigenvalue weighted by Crippen LogP contribution is -1.94. The van der Waals surface area contributed by atoms with E-state index in [2.05, 4.69) is 58.5 Å². The molecule has 3 nitrogen and oxygen atoms in total. The first-order valence-electron chi connectivity index (χ1n) is 9.59. The molecule has 0 unspecified atom stereocenters. The Balaban J connectivity index is 1.64. The largest absolute Gasteiger partial charge is 0.419 e. The van der Waals surface area contributed by atoms with Crippen LogP contribution in [0.2, 0.25) is 0 Å². The van der Waals surface area contributed by atoms with Crippen molar-refractivity contribution < 1.29 is 4.74 Å². The van der Waals surface area contributed by atoms with Crippen LogP contribution < -0.4 is 4.74 Å². The normalized spacial score (nSPS) is 11.4.